The summed E-state index contributed by atoms with van der Waals surface area (Å²) in [6.07, 6.45) is 7.24. The molecule has 0 fully saturated rings. The Morgan fingerprint density at radius 1 is 1.43 bits per heavy atom. The highest BCUT2D eigenvalue weighted by Crippen LogP contribution is 2.30. The number of hydrogen-bond donors (Lipinski definition) is 1. The summed E-state index contributed by atoms with van der Waals surface area (Å²) in [7, 11) is 0. The van der Waals surface area contributed by atoms with Crippen molar-refractivity contribution in [1.29, 1.82) is 0 Å². The van der Waals surface area contributed by atoms with E-state index in [9.17, 15) is 0 Å². The van der Waals surface area contributed by atoms with E-state index in [1.807, 2.05) is 11.8 Å². The first-order valence-corrected chi connectivity index (χ1v) is 6.85. The lowest BCUT2D eigenvalue weighted by Crippen LogP contribution is -2.27. The maximum absolute atomic E-state index is 5.90. The van der Waals surface area contributed by atoms with Gasteiger partial charge >= 0.3 is 0 Å². The fourth-order valence-electron chi connectivity index (χ4n) is 2.12. The van der Waals surface area contributed by atoms with Crippen LogP contribution in [-0.4, -0.2) is 23.4 Å². The second-order valence-corrected chi connectivity index (χ2v) is 5.11. The first-order valence-electron chi connectivity index (χ1n) is 5.56. The van der Waals surface area contributed by atoms with Gasteiger partial charge in [-0.25, -0.2) is 0 Å². The standard InChI is InChI=1S/C11H22N2S/c1-4-5-6-7-9-8(2)10(14-3)11(12)13-9/h8-10H,4-7H2,1-3H3,(H2,12,13)/t8-,9+,10-/m0/s1. The van der Waals surface area contributed by atoms with Crippen molar-refractivity contribution in [3.8, 4) is 0 Å². The highest BCUT2D eigenvalue weighted by molar-refractivity contribution is 8.00. The average Bonchev–Trinajstić information content (AvgIpc) is 2.42. The normalized spacial score (nSPS) is 31.9. The summed E-state index contributed by atoms with van der Waals surface area (Å²) in [5.74, 6) is 1.49. The molecule has 0 spiro atoms. The molecule has 0 saturated heterocycles. The molecule has 0 aliphatic carbocycles. The van der Waals surface area contributed by atoms with Gasteiger partial charge in [-0.05, 0) is 18.6 Å². The third kappa shape index (κ3) is 2.66. The molecule has 1 aliphatic rings. The molecule has 0 radical (unpaired) electrons. The van der Waals surface area contributed by atoms with Gasteiger partial charge in [0, 0.05) is 0 Å². The van der Waals surface area contributed by atoms with Crippen LogP contribution in [0.15, 0.2) is 4.99 Å². The van der Waals surface area contributed by atoms with Crippen molar-refractivity contribution in [2.24, 2.45) is 16.6 Å². The van der Waals surface area contributed by atoms with E-state index in [1.54, 1.807) is 0 Å². The minimum absolute atomic E-state index is 0.460. The number of nitrogens with zero attached hydrogens (tertiary/aromatic N) is 1. The van der Waals surface area contributed by atoms with Crippen molar-refractivity contribution in [3.63, 3.8) is 0 Å². The Balaban J connectivity index is 2.40. The Kier molecular flexibility index (Phi) is 4.79. The molecule has 2 nitrogen and oxygen atoms in total. The first-order chi connectivity index (χ1) is 6.70. The molecule has 0 aromatic rings. The SMILES string of the molecule is CCCCC[C@H]1N=C(N)[C@@H](SC)[C@H]1C. The highest BCUT2D eigenvalue weighted by atomic mass is 32.2. The maximum atomic E-state index is 5.90. The molecule has 0 amide bonds. The van der Waals surface area contributed by atoms with E-state index in [0.29, 0.717) is 17.2 Å². The van der Waals surface area contributed by atoms with Crippen LogP contribution < -0.4 is 5.73 Å². The molecular weight excluding hydrogens is 192 g/mol. The van der Waals surface area contributed by atoms with Crippen molar-refractivity contribution < 1.29 is 0 Å². The van der Waals surface area contributed by atoms with E-state index in [1.165, 1.54) is 25.7 Å². The van der Waals surface area contributed by atoms with Crippen LogP contribution in [0.2, 0.25) is 0 Å². The minimum Gasteiger partial charge on any atom is -0.387 e. The van der Waals surface area contributed by atoms with E-state index in [0.717, 1.165) is 5.84 Å². The molecule has 82 valence electrons. The highest BCUT2D eigenvalue weighted by Gasteiger charge is 2.33. The summed E-state index contributed by atoms with van der Waals surface area (Å²) < 4.78 is 0. The van der Waals surface area contributed by atoms with Gasteiger partial charge in [0.05, 0.1) is 11.3 Å². The molecule has 0 unspecified atom stereocenters. The largest absolute Gasteiger partial charge is 0.387 e. The number of unbranched alkanes of at least 4 members (excludes halogenated alkanes) is 2. The van der Waals surface area contributed by atoms with Gasteiger partial charge in [0.15, 0.2) is 0 Å². The fraction of sp³-hybridized carbons (Fsp3) is 0.909. The van der Waals surface area contributed by atoms with Crippen LogP contribution in [0.25, 0.3) is 0 Å². The second-order valence-electron chi connectivity index (χ2n) is 4.13. The number of hydrogen-bond acceptors (Lipinski definition) is 3. The molecule has 1 heterocycles. The van der Waals surface area contributed by atoms with Crippen LogP contribution >= 0.6 is 11.8 Å². The lowest BCUT2D eigenvalue weighted by molar-refractivity contribution is 0.460. The van der Waals surface area contributed by atoms with Crippen LogP contribution in [0.5, 0.6) is 0 Å². The van der Waals surface area contributed by atoms with Gasteiger partial charge < -0.3 is 5.73 Å². The molecule has 0 aromatic heterocycles. The van der Waals surface area contributed by atoms with Crippen molar-refractivity contribution in [2.75, 3.05) is 6.26 Å². The lowest BCUT2D eigenvalue weighted by Gasteiger charge is -2.17. The molecule has 3 atom stereocenters. The Bertz CT molecular complexity index is 203. The Labute approximate surface area is 91.7 Å². The third-order valence-corrected chi connectivity index (χ3v) is 4.23. The first kappa shape index (κ1) is 11.9. The molecule has 1 rings (SSSR count). The van der Waals surface area contributed by atoms with E-state index in [2.05, 4.69) is 25.1 Å². The number of nitrogens with two attached hydrogens (primary N) is 1. The Morgan fingerprint density at radius 3 is 2.64 bits per heavy atom. The van der Waals surface area contributed by atoms with Gasteiger partial charge in [-0.1, -0.05) is 33.1 Å². The zero-order valence-corrected chi connectivity index (χ0v) is 10.3. The van der Waals surface area contributed by atoms with Gasteiger partial charge in [-0.15, -0.1) is 0 Å². The number of amidine groups is 1. The molecule has 0 saturated carbocycles. The molecule has 2 N–H and O–H groups in total. The van der Waals surface area contributed by atoms with Crippen molar-refractivity contribution in [3.05, 3.63) is 0 Å². The quantitative estimate of drug-likeness (QED) is 0.715. The number of aliphatic imine (C=N–C) groups is 1. The van der Waals surface area contributed by atoms with Crippen LogP contribution in [0.1, 0.15) is 39.5 Å². The maximum Gasteiger partial charge on any atom is 0.108 e. The minimum atomic E-state index is 0.460. The van der Waals surface area contributed by atoms with Crippen molar-refractivity contribution >= 4 is 17.6 Å². The smallest absolute Gasteiger partial charge is 0.108 e. The topological polar surface area (TPSA) is 38.4 Å². The van der Waals surface area contributed by atoms with Gasteiger partial charge in [0.2, 0.25) is 0 Å². The summed E-state index contributed by atoms with van der Waals surface area (Å²) in [5.41, 5.74) is 5.90. The summed E-state index contributed by atoms with van der Waals surface area (Å²) >= 11 is 1.84. The van der Waals surface area contributed by atoms with Crippen molar-refractivity contribution in [1.82, 2.24) is 0 Å². The Morgan fingerprint density at radius 2 is 2.14 bits per heavy atom. The van der Waals surface area contributed by atoms with Crippen LogP contribution in [0, 0.1) is 5.92 Å². The van der Waals surface area contributed by atoms with E-state index >= 15 is 0 Å². The molecule has 0 bridgehead atoms. The summed E-state index contributed by atoms with van der Waals surface area (Å²) in [6, 6.07) is 0.485. The molecule has 14 heavy (non-hydrogen) atoms. The van der Waals surface area contributed by atoms with Gasteiger partial charge in [-0.3, -0.25) is 4.99 Å². The number of thioether (sulfide) groups is 1. The number of rotatable bonds is 5. The van der Waals surface area contributed by atoms with E-state index < -0.39 is 0 Å². The van der Waals surface area contributed by atoms with Crippen LogP contribution in [0.3, 0.4) is 0 Å². The van der Waals surface area contributed by atoms with Crippen LogP contribution in [0.4, 0.5) is 0 Å². The van der Waals surface area contributed by atoms with Gasteiger partial charge in [0.1, 0.15) is 5.84 Å². The third-order valence-electron chi connectivity index (χ3n) is 3.05. The monoisotopic (exact) mass is 214 g/mol. The summed E-state index contributed by atoms with van der Waals surface area (Å²) in [6.45, 7) is 4.52. The summed E-state index contributed by atoms with van der Waals surface area (Å²) in [4.78, 5) is 4.57. The molecule has 0 aromatic carbocycles. The summed E-state index contributed by atoms with van der Waals surface area (Å²) in [5, 5.41) is 0.460. The zero-order valence-electron chi connectivity index (χ0n) is 9.49. The van der Waals surface area contributed by atoms with Crippen molar-refractivity contribution in [2.45, 2.75) is 50.8 Å². The Hall–Kier alpha value is -0.180. The fourth-order valence-corrected chi connectivity index (χ4v) is 3.03. The second kappa shape index (κ2) is 5.64. The molecule has 1 aliphatic heterocycles. The molecular formula is C11H22N2S. The predicted octanol–water partition coefficient (Wildman–Crippen LogP) is 2.67. The van der Waals surface area contributed by atoms with Crippen LogP contribution in [-0.2, 0) is 0 Å². The van der Waals surface area contributed by atoms with E-state index in [-0.39, 0.29) is 0 Å². The average molecular weight is 214 g/mol. The van der Waals surface area contributed by atoms with E-state index in [4.69, 9.17) is 5.73 Å². The van der Waals surface area contributed by atoms with Gasteiger partial charge in [-0.2, -0.15) is 11.8 Å². The lowest BCUT2D eigenvalue weighted by atomic mass is 9.96. The predicted molar refractivity (Wildman–Crippen MR) is 66.0 cm³/mol. The molecule has 3 heteroatoms. The zero-order chi connectivity index (χ0) is 10.6. The van der Waals surface area contributed by atoms with Gasteiger partial charge in [0.25, 0.3) is 0 Å².